The lowest BCUT2D eigenvalue weighted by Gasteiger charge is -2.42. The second-order valence-electron chi connectivity index (χ2n) is 7.55. The summed E-state index contributed by atoms with van der Waals surface area (Å²) in [6.45, 7) is 13.6. The van der Waals surface area contributed by atoms with E-state index in [-0.39, 0.29) is 11.5 Å². The van der Waals surface area contributed by atoms with Crippen LogP contribution in [0.25, 0.3) is 0 Å². The van der Waals surface area contributed by atoms with Gasteiger partial charge in [0.2, 0.25) is 0 Å². The van der Waals surface area contributed by atoms with Gasteiger partial charge in [0.05, 0.1) is 12.7 Å². The van der Waals surface area contributed by atoms with Crippen molar-refractivity contribution in [1.82, 2.24) is 0 Å². The van der Waals surface area contributed by atoms with Crippen LogP contribution in [0.1, 0.15) is 54.4 Å². The second-order valence-corrected chi connectivity index (χ2v) is 13.0. The van der Waals surface area contributed by atoms with E-state index in [1.54, 1.807) is 0 Å². The number of hydrogen-bond donors (Lipinski definition) is 1. The van der Waals surface area contributed by atoms with E-state index in [9.17, 15) is 14.7 Å². The van der Waals surface area contributed by atoms with Gasteiger partial charge in [0.25, 0.3) is 0 Å². The first-order chi connectivity index (χ1) is 11.1. The average molecular weight is 357 g/mol. The van der Waals surface area contributed by atoms with Crippen LogP contribution in [0.2, 0.25) is 16.6 Å². The minimum atomic E-state index is -2.05. The minimum absolute atomic E-state index is 0.181. The second kappa shape index (κ2) is 8.29. The lowest BCUT2D eigenvalue weighted by atomic mass is 10.0. The summed E-state index contributed by atoms with van der Waals surface area (Å²) in [5.41, 5.74) is 1.80. The van der Waals surface area contributed by atoms with E-state index >= 15 is 0 Å². The quantitative estimate of drug-likeness (QED) is 0.522. The number of esters is 1. The molecule has 0 fully saturated rings. The van der Waals surface area contributed by atoms with Crippen molar-refractivity contribution in [2.75, 3.05) is 13.7 Å². The van der Waals surface area contributed by atoms with Crippen LogP contribution in [0.5, 0.6) is 0 Å². The van der Waals surface area contributed by atoms with Crippen LogP contribution in [0.4, 0.5) is 0 Å². The molecule has 1 unspecified atom stereocenters. The highest BCUT2D eigenvalue weighted by molar-refractivity contribution is 6.77. The van der Waals surface area contributed by atoms with Gasteiger partial charge in [-0.15, -0.1) is 0 Å². The molecule has 6 heteroatoms. The smallest absolute Gasteiger partial charge is 0.334 e. The van der Waals surface area contributed by atoms with E-state index in [1.807, 2.05) is 0 Å². The Morgan fingerprint density at radius 1 is 1.12 bits per heavy atom. The highest BCUT2D eigenvalue weighted by Gasteiger charge is 2.46. The predicted octanol–water partition coefficient (Wildman–Crippen LogP) is 4.14. The fraction of sp³-hybridized carbons (Fsp3) is 0.778. The SMILES string of the molecule is COC(=O)C1=C(C(=O)O)C(CO[Si](C(C)C)(C(C)C)C(C)C)CC1. The van der Waals surface area contributed by atoms with Gasteiger partial charge in [0.1, 0.15) is 0 Å². The lowest BCUT2D eigenvalue weighted by molar-refractivity contribution is -0.138. The van der Waals surface area contributed by atoms with Crippen LogP contribution >= 0.6 is 0 Å². The van der Waals surface area contributed by atoms with Crippen LogP contribution in [0.3, 0.4) is 0 Å². The fourth-order valence-corrected chi connectivity index (χ4v) is 9.88. The lowest BCUT2D eigenvalue weighted by Crippen LogP contribution is -2.48. The Kier molecular flexibility index (Phi) is 7.22. The summed E-state index contributed by atoms with van der Waals surface area (Å²) in [6.07, 6.45) is 1.08. The number of carboxylic acids is 1. The summed E-state index contributed by atoms with van der Waals surface area (Å²) in [6, 6.07) is 0. The molecule has 0 spiro atoms. The monoisotopic (exact) mass is 356 g/mol. The van der Waals surface area contributed by atoms with Gasteiger partial charge in [0, 0.05) is 18.1 Å². The van der Waals surface area contributed by atoms with E-state index < -0.39 is 20.3 Å². The van der Waals surface area contributed by atoms with Crippen LogP contribution in [-0.2, 0) is 18.8 Å². The summed E-state index contributed by atoms with van der Waals surface area (Å²) in [7, 11) is -0.764. The third-order valence-corrected chi connectivity index (χ3v) is 11.5. The van der Waals surface area contributed by atoms with Gasteiger partial charge in [-0.25, -0.2) is 9.59 Å². The highest BCUT2D eigenvalue weighted by atomic mass is 28.4. The maximum atomic E-state index is 11.8. The first kappa shape index (κ1) is 20.9. The van der Waals surface area contributed by atoms with Crippen LogP contribution in [-0.4, -0.2) is 39.1 Å². The fourth-order valence-electron chi connectivity index (χ4n) is 4.39. The van der Waals surface area contributed by atoms with E-state index in [1.165, 1.54) is 7.11 Å². The zero-order chi connectivity index (χ0) is 18.7. The van der Waals surface area contributed by atoms with Crippen molar-refractivity contribution in [3.63, 3.8) is 0 Å². The minimum Gasteiger partial charge on any atom is -0.478 e. The molecule has 0 aromatic heterocycles. The summed E-state index contributed by atoms with van der Waals surface area (Å²) in [5, 5.41) is 9.55. The molecule has 0 amide bonds. The number of carbonyl (C=O) groups excluding carboxylic acids is 1. The molecule has 0 radical (unpaired) electrons. The van der Waals surface area contributed by atoms with E-state index in [4.69, 9.17) is 9.16 Å². The summed E-state index contributed by atoms with van der Waals surface area (Å²) < 4.78 is 11.3. The molecule has 0 heterocycles. The molecule has 5 nitrogen and oxygen atoms in total. The molecule has 0 aromatic rings. The van der Waals surface area contributed by atoms with E-state index in [0.29, 0.717) is 41.6 Å². The molecular weight excluding hydrogens is 324 g/mol. The Hall–Kier alpha value is -1.14. The van der Waals surface area contributed by atoms with Crippen molar-refractivity contribution < 1.29 is 23.9 Å². The normalized spacial score (nSPS) is 18.8. The van der Waals surface area contributed by atoms with Crippen molar-refractivity contribution in [2.24, 2.45) is 5.92 Å². The average Bonchev–Trinajstić information content (AvgIpc) is 2.90. The van der Waals surface area contributed by atoms with Gasteiger partial charge < -0.3 is 14.3 Å². The van der Waals surface area contributed by atoms with Crippen molar-refractivity contribution >= 4 is 20.3 Å². The van der Waals surface area contributed by atoms with Crippen LogP contribution in [0.15, 0.2) is 11.1 Å². The molecule has 0 aliphatic heterocycles. The Morgan fingerprint density at radius 2 is 1.62 bits per heavy atom. The van der Waals surface area contributed by atoms with Crippen molar-refractivity contribution in [3.8, 4) is 0 Å². The standard InChI is InChI=1S/C18H32O5Si/c1-11(2)24(12(3)4,13(5)6)23-10-14-8-9-15(18(21)22-7)16(14)17(19)20/h11-14H,8-10H2,1-7H3,(H,19,20). The van der Waals surface area contributed by atoms with Crippen molar-refractivity contribution in [3.05, 3.63) is 11.1 Å². The Labute approximate surface area is 146 Å². The first-order valence-corrected chi connectivity index (χ1v) is 10.9. The molecule has 1 aliphatic carbocycles. The summed E-state index contributed by atoms with van der Waals surface area (Å²) in [5.74, 6) is -1.80. The summed E-state index contributed by atoms with van der Waals surface area (Å²) in [4.78, 5) is 23.5. The van der Waals surface area contributed by atoms with Gasteiger partial charge in [-0.05, 0) is 29.5 Å². The number of hydrogen-bond acceptors (Lipinski definition) is 4. The van der Waals surface area contributed by atoms with Gasteiger partial charge in [-0.3, -0.25) is 0 Å². The van der Waals surface area contributed by atoms with Gasteiger partial charge in [-0.2, -0.15) is 0 Å². The molecule has 0 saturated carbocycles. The Bertz CT molecular complexity index is 486. The molecule has 0 saturated heterocycles. The number of rotatable bonds is 8. The number of methoxy groups -OCH3 is 1. The van der Waals surface area contributed by atoms with Crippen LogP contribution < -0.4 is 0 Å². The molecule has 138 valence electrons. The highest BCUT2D eigenvalue weighted by Crippen LogP contribution is 2.43. The molecule has 1 aliphatic rings. The number of carbonyl (C=O) groups is 2. The summed E-state index contributed by atoms with van der Waals surface area (Å²) >= 11 is 0. The molecular formula is C18H32O5Si. The van der Waals surface area contributed by atoms with Gasteiger partial charge >= 0.3 is 11.9 Å². The van der Waals surface area contributed by atoms with Gasteiger partial charge in [0.15, 0.2) is 8.32 Å². The zero-order valence-corrected chi connectivity index (χ0v) is 17.0. The molecule has 24 heavy (non-hydrogen) atoms. The van der Waals surface area contributed by atoms with Crippen molar-refractivity contribution in [2.45, 2.75) is 71.0 Å². The molecule has 1 rings (SSSR count). The molecule has 0 aromatic carbocycles. The number of ether oxygens (including phenoxy) is 1. The topological polar surface area (TPSA) is 72.8 Å². The van der Waals surface area contributed by atoms with Crippen molar-refractivity contribution in [1.29, 1.82) is 0 Å². The Balaban J connectivity index is 3.05. The third kappa shape index (κ3) is 3.91. The molecule has 1 N–H and O–H groups in total. The van der Waals surface area contributed by atoms with Gasteiger partial charge in [-0.1, -0.05) is 41.5 Å². The predicted molar refractivity (Wildman–Crippen MR) is 96.4 cm³/mol. The number of aliphatic carboxylic acids is 1. The van der Waals surface area contributed by atoms with Crippen LogP contribution in [0, 0.1) is 5.92 Å². The molecule has 1 atom stereocenters. The first-order valence-electron chi connectivity index (χ1n) is 8.78. The number of carboxylic acid groups (broad SMARTS) is 1. The zero-order valence-electron chi connectivity index (χ0n) is 16.0. The largest absolute Gasteiger partial charge is 0.478 e. The van der Waals surface area contributed by atoms with E-state index in [2.05, 4.69) is 41.5 Å². The molecule has 0 bridgehead atoms. The third-order valence-electron chi connectivity index (χ3n) is 5.38. The Morgan fingerprint density at radius 3 is 2.00 bits per heavy atom. The maximum absolute atomic E-state index is 11.8. The maximum Gasteiger partial charge on any atom is 0.334 e. The van der Waals surface area contributed by atoms with E-state index in [0.717, 1.165) is 0 Å².